The minimum absolute atomic E-state index is 0.137. The van der Waals surface area contributed by atoms with E-state index in [0.29, 0.717) is 23.5 Å². The predicted molar refractivity (Wildman–Crippen MR) is 112 cm³/mol. The first-order chi connectivity index (χ1) is 13.5. The lowest BCUT2D eigenvalue weighted by atomic mass is 10.2. The molecule has 0 heterocycles. The number of ether oxygens (including phenoxy) is 2. The smallest absolute Gasteiger partial charge is 0.240 e. The Kier molecular flexibility index (Phi) is 8.48. The SMILES string of the molecule is COc1ccc(/C=N\NC(=O)CCCC(=O)Nc2ccc(Br)cc2)c(OC)c1. The Balaban J connectivity index is 1.73. The summed E-state index contributed by atoms with van der Waals surface area (Å²) in [6.07, 6.45) is 2.37. The number of methoxy groups -OCH3 is 2. The molecule has 0 aliphatic carbocycles. The van der Waals surface area contributed by atoms with Crippen LogP contribution in [0.15, 0.2) is 52.0 Å². The minimum Gasteiger partial charge on any atom is -0.497 e. The first kappa shape index (κ1) is 21.4. The highest BCUT2D eigenvalue weighted by Gasteiger charge is 2.06. The fourth-order valence-corrected chi connectivity index (χ4v) is 2.59. The van der Waals surface area contributed by atoms with Crippen molar-refractivity contribution < 1.29 is 19.1 Å². The van der Waals surface area contributed by atoms with E-state index in [1.165, 1.54) is 6.21 Å². The van der Waals surface area contributed by atoms with Crippen LogP contribution in [-0.2, 0) is 9.59 Å². The lowest BCUT2D eigenvalue weighted by molar-refractivity contribution is -0.121. The predicted octanol–water partition coefficient (Wildman–Crippen LogP) is 3.73. The maximum atomic E-state index is 11.9. The third-order valence-electron chi connectivity index (χ3n) is 3.77. The van der Waals surface area contributed by atoms with Gasteiger partial charge in [-0.2, -0.15) is 5.10 Å². The number of nitrogens with one attached hydrogen (secondary N) is 2. The van der Waals surface area contributed by atoms with Crippen LogP contribution >= 0.6 is 15.9 Å². The topological polar surface area (TPSA) is 89.0 Å². The molecule has 8 heteroatoms. The van der Waals surface area contributed by atoms with Gasteiger partial charge in [-0.1, -0.05) is 15.9 Å². The molecule has 2 N–H and O–H groups in total. The number of carbonyl (C=O) groups is 2. The number of benzene rings is 2. The van der Waals surface area contributed by atoms with Gasteiger partial charge in [-0.05, 0) is 42.8 Å². The monoisotopic (exact) mass is 447 g/mol. The van der Waals surface area contributed by atoms with Gasteiger partial charge in [-0.25, -0.2) is 5.43 Å². The standard InChI is InChI=1S/C20H22BrN3O4/c1-27-17-11-6-14(18(12-17)28-2)13-22-24-20(26)5-3-4-19(25)23-16-9-7-15(21)8-10-16/h6-13H,3-5H2,1-2H3,(H,23,25)(H,24,26)/b22-13-. The highest BCUT2D eigenvalue weighted by atomic mass is 79.9. The van der Waals surface area contributed by atoms with Crippen molar-refractivity contribution in [3.05, 3.63) is 52.5 Å². The van der Waals surface area contributed by atoms with Crippen LogP contribution < -0.4 is 20.2 Å². The molecule has 0 bridgehead atoms. The average molecular weight is 448 g/mol. The van der Waals surface area contributed by atoms with Crippen molar-refractivity contribution in [2.75, 3.05) is 19.5 Å². The van der Waals surface area contributed by atoms with Crippen molar-refractivity contribution in [2.24, 2.45) is 5.10 Å². The number of amides is 2. The maximum Gasteiger partial charge on any atom is 0.240 e. The summed E-state index contributed by atoms with van der Waals surface area (Å²) in [7, 11) is 3.12. The molecule has 0 saturated carbocycles. The number of carbonyl (C=O) groups excluding carboxylic acids is 2. The van der Waals surface area contributed by atoms with E-state index in [9.17, 15) is 9.59 Å². The number of hydrogen-bond donors (Lipinski definition) is 2. The Morgan fingerprint density at radius 3 is 2.43 bits per heavy atom. The van der Waals surface area contributed by atoms with Crippen LogP contribution in [-0.4, -0.2) is 32.2 Å². The molecular weight excluding hydrogens is 426 g/mol. The molecule has 0 aromatic heterocycles. The molecule has 0 unspecified atom stereocenters. The second-order valence-electron chi connectivity index (χ2n) is 5.81. The van der Waals surface area contributed by atoms with Crippen LogP contribution in [0.2, 0.25) is 0 Å². The van der Waals surface area contributed by atoms with Gasteiger partial charge in [-0.3, -0.25) is 9.59 Å². The lowest BCUT2D eigenvalue weighted by Crippen LogP contribution is -2.18. The normalized spacial score (nSPS) is 10.5. The Hall–Kier alpha value is -2.87. The zero-order valence-corrected chi connectivity index (χ0v) is 17.3. The van der Waals surface area contributed by atoms with Gasteiger partial charge in [-0.15, -0.1) is 0 Å². The first-order valence-corrected chi connectivity index (χ1v) is 9.40. The van der Waals surface area contributed by atoms with E-state index in [2.05, 4.69) is 31.8 Å². The van der Waals surface area contributed by atoms with Crippen molar-refractivity contribution in [2.45, 2.75) is 19.3 Å². The van der Waals surface area contributed by atoms with Gasteiger partial charge < -0.3 is 14.8 Å². The fraction of sp³-hybridized carbons (Fsp3) is 0.250. The number of hydrogen-bond acceptors (Lipinski definition) is 5. The van der Waals surface area contributed by atoms with Gasteiger partial charge in [0.15, 0.2) is 0 Å². The molecule has 28 heavy (non-hydrogen) atoms. The van der Waals surface area contributed by atoms with Crippen LogP contribution in [0.5, 0.6) is 11.5 Å². The number of hydrazone groups is 1. The average Bonchev–Trinajstić information content (AvgIpc) is 2.70. The summed E-state index contributed by atoms with van der Waals surface area (Å²) in [5, 5.41) is 6.71. The van der Waals surface area contributed by atoms with E-state index in [0.717, 1.165) is 10.2 Å². The molecule has 2 rings (SSSR count). The lowest BCUT2D eigenvalue weighted by Gasteiger charge is -2.07. The zero-order chi connectivity index (χ0) is 20.4. The zero-order valence-electron chi connectivity index (χ0n) is 15.7. The molecule has 0 radical (unpaired) electrons. The molecular formula is C20H22BrN3O4. The summed E-state index contributed by atoms with van der Waals surface area (Å²) < 4.78 is 11.3. The Bertz CT molecular complexity index is 838. The van der Waals surface area contributed by atoms with Gasteiger partial charge in [0, 0.05) is 34.6 Å². The fourth-order valence-electron chi connectivity index (χ4n) is 2.32. The minimum atomic E-state index is -0.264. The van der Waals surface area contributed by atoms with Gasteiger partial charge in [0.1, 0.15) is 11.5 Å². The van der Waals surface area contributed by atoms with Crippen molar-refractivity contribution in [3.63, 3.8) is 0 Å². The molecule has 7 nitrogen and oxygen atoms in total. The molecule has 0 saturated heterocycles. The molecule has 2 aromatic rings. The van der Waals surface area contributed by atoms with Crippen molar-refractivity contribution >= 4 is 39.6 Å². The molecule has 0 atom stereocenters. The number of halogens is 1. The van der Waals surface area contributed by atoms with E-state index in [-0.39, 0.29) is 24.7 Å². The molecule has 2 aromatic carbocycles. The van der Waals surface area contributed by atoms with Crippen LogP contribution in [0.3, 0.4) is 0 Å². The van der Waals surface area contributed by atoms with Gasteiger partial charge in [0.2, 0.25) is 11.8 Å². The molecule has 0 aliphatic rings. The highest BCUT2D eigenvalue weighted by molar-refractivity contribution is 9.10. The van der Waals surface area contributed by atoms with Crippen LogP contribution in [0.25, 0.3) is 0 Å². The van der Waals surface area contributed by atoms with Gasteiger partial charge in [0.25, 0.3) is 0 Å². The third-order valence-corrected chi connectivity index (χ3v) is 4.30. The first-order valence-electron chi connectivity index (χ1n) is 8.61. The van der Waals surface area contributed by atoms with Crippen molar-refractivity contribution in [1.29, 1.82) is 0 Å². The second-order valence-corrected chi connectivity index (χ2v) is 6.73. The Labute approximate surface area is 172 Å². The number of rotatable bonds is 9. The number of anilines is 1. The van der Waals surface area contributed by atoms with Crippen LogP contribution in [0, 0.1) is 0 Å². The van der Waals surface area contributed by atoms with Crippen LogP contribution in [0.1, 0.15) is 24.8 Å². The van der Waals surface area contributed by atoms with E-state index in [4.69, 9.17) is 9.47 Å². The summed E-state index contributed by atoms with van der Waals surface area (Å²) in [5.41, 5.74) is 3.87. The summed E-state index contributed by atoms with van der Waals surface area (Å²) in [5.74, 6) is 0.850. The van der Waals surface area contributed by atoms with E-state index >= 15 is 0 Å². The molecule has 0 fully saturated rings. The maximum absolute atomic E-state index is 11.9. The van der Waals surface area contributed by atoms with Crippen molar-refractivity contribution in [1.82, 2.24) is 5.43 Å². The van der Waals surface area contributed by atoms with E-state index in [1.807, 2.05) is 12.1 Å². The van der Waals surface area contributed by atoms with Crippen molar-refractivity contribution in [3.8, 4) is 11.5 Å². The van der Waals surface area contributed by atoms with E-state index in [1.54, 1.807) is 44.6 Å². The van der Waals surface area contributed by atoms with Gasteiger partial charge >= 0.3 is 0 Å². The largest absolute Gasteiger partial charge is 0.497 e. The quantitative estimate of drug-likeness (QED) is 0.452. The Morgan fingerprint density at radius 1 is 1.04 bits per heavy atom. The van der Waals surface area contributed by atoms with E-state index < -0.39 is 0 Å². The molecule has 148 valence electrons. The summed E-state index contributed by atoms with van der Waals surface area (Å²) >= 11 is 3.34. The van der Waals surface area contributed by atoms with Crippen LogP contribution in [0.4, 0.5) is 5.69 Å². The highest BCUT2D eigenvalue weighted by Crippen LogP contribution is 2.23. The summed E-state index contributed by atoms with van der Waals surface area (Å²) in [6, 6.07) is 12.6. The summed E-state index contributed by atoms with van der Waals surface area (Å²) in [4.78, 5) is 23.7. The number of nitrogens with zero attached hydrogens (tertiary/aromatic N) is 1. The Morgan fingerprint density at radius 2 is 1.75 bits per heavy atom. The molecule has 0 spiro atoms. The molecule has 2 amide bonds. The third kappa shape index (κ3) is 7.03. The summed E-state index contributed by atoms with van der Waals surface area (Å²) in [6.45, 7) is 0. The molecule has 0 aliphatic heterocycles. The second kappa shape index (κ2) is 11.1. The van der Waals surface area contributed by atoms with Gasteiger partial charge in [0.05, 0.1) is 20.4 Å².